The second-order valence-corrected chi connectivity index (χ2v) is 20.7. The summed E-state index contributed by atoms with van der Waals surface area (Å²) < 4.78 is 40.6. The number of nitrogens with zero attached hydrogens (tertiary/aromatic N) is 10. The third-order valence-corrected chi connectivity index (χ3v) is 14.2. The number of aromatic amines is 3. The van der Waals surface area contributed by atoms with Crippen molar-refractivity contribution in [2.75, 3.05) is 16.0 Å². The topological polar surface area (TPSA) is 233 Å². The maximum atomic E-state index is 13.6. The van der Waals surface area contributed by atoms with E-state index in [1.807, 2.05) is 13.0 Å². The van der Waals surface area contributed by atoms with Gasteiger partial charge in [-0.25, -0.2) is 48.1 Å². The summed E-state index contributed by atoms with van der Waals surface area (Å²) in [6.45, 7) is 5.38. The van der Waals surface area contributed by atoms with Gasteiger partial charge in [0, 0.05) is 55.3 Å². The Bertz CT molecular complexity index is 3280. The molecule has 3 aliphatic carbocycles. The third-order valence-electron chi connectivity index (χ3n) is 14.0. The molecule has 0 bridgehead atoms. The van der Waals surface area contributed by atoms with E-state index in [0.717, 1.165) is 78.9 Å². The van der Waals surface area contributed by atoms with E-state index in [4.69, 9.17) is 16.6 Å². The average Bonchev–Trinajstić information content (AvgIpc) is 4.14. The van der Waals surface area contributed by atoms with Crippen LogP contribution < -0.4 is 16.0 Å². The van der Waals surface area contributed by atoms with Gasteiger partial charge in [0.1, 0.15) is 69.0 Å². The highest BCUT2D eigenvalue weighted by atomic mass is 35.5. The van der Waals surface area contributed by atoms with Crippen molar-refractivity contribution in [2.45, 2.75) is 140 Å². The highest BCUT2D eigenvalue weighted by Gasteiger charge is 2.26. The van der Waals surface area contributed by atoms with Crippen LogP contribution in [0.4, 0.5) is 48.1 Å². The molecule has 3 saturated carbocycles. The van der Waals surface area contributed by atoms with E-state index in [0.29, 0.717) is 85.3 Å². The molecule has 2 aromatic carbocycles. The minimum absolute atomic E-state index is 0. The van der Waals surface area contributed by atoms with Gasteiger partial charge in [0.05, 0.1) is 28.3 Å². The molecule has 75 heavy (non-hydrogen) atoms. The van der Waals surface area contributed by atoms with E-state index in [1.165, 1.54) is 88.1 Å². The number of fused-ring (bicyclic) bond motifs is 3. The number of aryl methyl sites for hydroxylation is 1. The van der Waals surface area contributed by atoms with Gasteiger partial charge in [-0.05, 0) is 102 Å². The van der Waals surface area contributed by atoms with Crippen molar-refractivity contribution in [3.8, 4) is 0 Å². The second kappa shape index (κ2) is 22.7. The number of hydrogen-bond donors (Lipinski definition) is 7. The summed E-state index contributed by atoms with van der Waals surface area (Å²) in [4.78, 5) is 31.6. The number of aromatic nitrogens is 13. The molecule has 0 spiro atoms. The number of pyridine rings is 1. The van der Waals surface area contributed by atoms with Gasteiger partial charge in [-0.3, -0.25) is 15.3 Å². The van der Waals surface area contributed by atoms with Crippen LogP contribution in [0.15, 0.2) is 66.9 Å². The van der Waals surface area contributed by atoms with Crippen molar-refractivity contribution >= 4 is 79.3 Å². The Labute approximate surface area is 439 Å². The predicted molar refractivity (Wildman–Crippen MR) is 289 cm³/mol. The summed E-state index contributed by atoms with van der Waals surface area (Å²) in [7, 11) is 0. The van der Waals surface area contributed by atoms with Crippen molar-refractivity contribution in [3.05, 3.63) is 118 Å². The number of aliphatic hydroxyl groups is 1. The van der Waals surface area contributed by atoms with Crippen LogP contribution in [0.2, 0.25) is 5.15 Å². The number of hydrogen-bond acceptors (Lipinski definition) is 14. The Morgan fingerprint density at radius 1 is 0.547 bits per heavy atom. The SMILES string of the molecule is CC(C)(O)c1cc(Nc2[nH]nc3ncc(F)cc23)nc(C2CCCCC2)n1.Cc1cc(Nc2n[nH]c3ccc(F)cc23)nc(C2CCCCC2)n1.Fc1ccc2[nH]nc(Nc3cc(Cl)nc(C4CCCCC4)n3)c2c1.[HH].[HH]. The number of benzene rings is 2. The fourth-order valence-corrected chi connectivity index (χ4v) is 10.3. The molecule has 7 aromatic heterocycles. The number of H-pyrrole nitrogens is 3. The predicted octanol–water partition coefficient (Wildman–Crippen LogP) is 13.9. The fraction of sp³-hybridized carbons (Fsp3) is 0.407. The monoisotopic (exact) mass is 1040 g/mol. The lowest BCUT2D eigenvalue weighted by molar-refractivity contribution is 0.0733. The molecule has 0 amide bonds. The van der Waals surface area contributed by atoms with E-state index in [-0.39, 0.29) is 14.5 Å². The Hall–Kier alpha value is -7.32. The van der Waals surface area contributed by atoms with Crippen molar-refractivity contribution in [2.24, 2.45) is 0 Å². The number of anilines is 6. The molecule has 12 rings (SSSR count). The smallest absolute Gasteiger partial charge is 0.183 e. The molecule has 7 heterocycles. The summed E-state index contributed by atoms with van der Waals surface area (Å²) in [6, 6.07) is 15.7. The summed E-state index contributed by atoms with van der Waals surface area (Å²) in [6.07, 6.45) is 18.8. The van der Waals surface area contributed by atoms with Crippen LogP contribution in [-0.2, 0) is 5.60 Å². The molecule has 17 nitrogen and oxygen atoms in total. The maximum absolute atomic E-state index is 13.6. The van der Waals surface area contributed by atoms with Crippen LogP contribution in [-0.4, -0.2) is 70.6 Å². The van der Waals surface area contributed by atoms with E-state index in [9.17, 15) is 18.3 Å². The van der Waals surface area contributed by atoms with Gasteiger partial charge in [-0.1, -0.05) is 69.4 Å². The first kappa shape index (κ1) is 51.2. The van der Waals surface area contributed by atoms with Gasteiger partial charge < -0.3 is 21.1 Å². The van der Waals surface area contributed by atoms with Gasteiger partial charge in [-0.15, -0.1) is 0 Å². The quantitative estimate of drug-likeness (QED) is 0.0632. The Balaban J connectivity index is 0.000000151. The molecule has 394 valence electrons. The molecule has 21 heteroatoms. The fourth-order valence-electron chi connectivity index (χ4n) is 10.1. The standard InChI is InChI=1S/C19H23FN6O.C18H20FN5.C17H17ClFN5.2H2/c1-19(2,27)14-9-15(23-16(22-14)11-6-4-3-5-7-11)24-18-13-8-12(20)10-21-17(13)25-26-18;1-11-9-16(21-17(20-11)12-5-3-2-4-6-12)22-18-14-10-13(19)7-8-15(14)23-24-18;18-14-9-15(21-16(20-14)10-4-2-1-3-5-10)22-17-12-8-11(19)6-7-13(12)23-24-17;;/h8-11,27H,3-7H2,1-2H3,(H2,21,22,23,24,25,26);7-10,12H,2-6H2,1H3,(H2,20,21,22,23,24);6-10H,1-5H2,(H2,20,21,22,23,24);2*1H. The van der Waals surface area contributed by atoms with Gasteiger partial charge in [0.2, 0.25) is 0 Å². The molecule has 0 unspecified atom stereocenters. The van der Waals surface area contributed by atoms with Crippen LogP contribution in [0, 0.1) is 24.4 Å². The molecule has 7 N–H and O–H groups in total. The molecule has 0 radical (unpaired) electrons. The van der Waals surface area contributed by atoms with Crippen molar-refractivity contribution in [1.29, 1.82) is 0 Å². The molecular weight excluding hydrogens is 981 g/mol. The van der Waals surface area contributed by atoms with Crippen molar-refractivity contribution in [3.63, 3.8) is 0 Å². The Morgan fingerprint density at radius 3 is 1.56 bits per heavy atom. The first-order valence-corrected chi connectivity index (χ1v) is 26.3. The zero-order valence-electron chi connectivity index (χ0n) is 42.1. The van der Waals surface area contributed by atoms with E-state index in [1.54, 1.807) is 38.1 Å². The minimum atomic E-state index is -1.09. The Kier molecular flexibility index (Phi) is 15.5. The molecule has 9 aromatic rings. The molecule has 0 atom stereocenters. The third kappa shape index (κ3) is 12.6. The normalized spacial score (nSPS) is 15.8. The number of halogens is 4. The van der Waals surface area contributed by atoms with Crippen LogP contribution >= 0.6 is 11.6 Å². The van der Waals surface area contributed by atoms with Crippen LogP contribution in [0.5, 0.6) is 0 Å². The molecule has 3 fully saturated rings. The summed E-state index contributed by atoms with van der Waals surface area (Å²) in [5.41, 5.74) is 2.35. The maximum Gasteiger partial charge on any atom is 0.183 e. The highest BCUT2D eigenvalue weighted by Crippen LogP contribution is 2.36. The largest absolute Gasteiger partial charge is 0.384 e. The minimum Gasteiger partial charge on any atom is -0.384 e. The lowest BCUT2D eigenvalue weighted by Gasteiger charge is -2.24. The molecule has 3 aliphatic rings. The van der Waals surface area contributed by atoms with Gasteiger partial charge in [0.25, 0.3) is 0 Å². The van der Waals surface area contributed by atoms with Gasteiger partial charge >= 0.3 is 0 Å². The van der Waals surface area contributed by atoms with Crippen molar-refractivity contribution < 1.29 is 21.1 Å². The van der Waals surface area contributed by atoms with Crippen molar-refractivity contribution in [1.82, 2.24) is 65.5 Å². The van der Waals surface area contributed by atoms with Gasteiger partial charge in [-0.2, -0.15) is 15.3 Å². The van der Waals surface area contributed by atoms with E-state index in [2.05, 4.69) is 76.4 Å². The average molecular weight is 1050 g/mol. The summed E-state index contributed by atoms with van der Waals surface area (Å²) in [5, 5.41) is 43.4. The molecular formula is C54H64ClF3N16O. The zero-order chi connectivity index (χ0) is 52.1. The molecule has 0 aliphatic heterocycles. The Morgan fingerprint density at radius 2 is 1.03 bits per heavy atom. The van der Waals surface area contributed by atoms with Crippen LogP contribution in [0.25, 0.3) is 32.8 Å². The first-order chi connectivity index (χ1) is 36.3. The highest BCUT2D eigenvalue weighted by molar-refractivity contribution is 6.29. The van der Waals surface area contributed by atoms with Crippen LogP contribution in [0.1, 0.15) is 160 Å². The van der Waals surface area contributed by atoms with Gasteiger partial charge in [0.15, 0.2) is 17.3 Å². The first-order valence-electron chi connectivity index (χ1n) is 25.9. The van der Waals surface area contributed by atoms with Crippen LogP contribution in [0.3, 0.4) is 0 Å². The lowest BCUT2D eigenvalue weighted by Crippen LogP contribution is -2.21. The number of rotatable bonds is 10. The molecule has 0 saturated heterocycles. The lowest BCUT2D eigenvalue weighted by atomic mass is 9.88. The zero-order valence-corrected chi connectivity index (χ0v) is 42.9. The number of nitrogens with one attached hydrogen (secondary N) is 6. The second-order valence-electron chi connectivity index (χ2n) is 20.3. The summed E-state index contributed by atoms with van der Waals surface area (Å²) >= 11 is 6.17. The summed E-state index contributed by atoms with van der Waals surface area (Å²) in [5.74, 6) is 5.91. The van der Waals surface area contributed by atoms with E-state index < -0.39 is 11.4 Å². The van der Waals surface area contributed by atoms with E-state index >= 15 is 0 Å².